The molecule has 0 radical (unpaired) electrons. The van der Waals surface area contributed by atoms with Gasteiger partial charge in [-0.1, -0.05) is 0 Å². The third-order valence-corrected chi connectivity index (χ3v) is 1.13. The SMILES string of the molecule is N.NCCS(=O)(=O)O.[NaH]. The predicted molar refractivity (Wildman–Crippen MR) is 37.6 cm³/mol. The van der Waals surface area contributed by atoms with Crippen molar-refractivity contribution >= 4 is 39.7 Å². The molecular formula is C2H11N2NaO3S. The topological polar surface area (TPSA) is 115 Å². The number of hydrogen-bond acceptors (Lipinski definition) is 4. The molecule has 0 rings (SSSR count). The van der Waals surface area contributed by atoms with Gasteiger partial charge >= 0.3 is 29.6 Å². The summed E-state index contributed by atoms with van der Waals surface area (Å²) in [7, 11) is -3.80. The van der Waals surface area contributed by atoms with Crippen LogP contribution in [0.2, 0.25) is 0 Å². The molecule has 0 aliphatic carbocycles. The minimum atomic E-state index is -3.80. The van der Waals surface area contributed by atoms with Crippen LogP contribution >= 0.6 is 0 Å². The van der Waals surface area contributed by atoms with Gasteiger partial charge in [0.2, 0.25) is 0 Å². The maximum atomic E-state index is 9.71. The summed E-state index contributed by atoms with van der Waals surface area (Å²) in [5, 5.41) is 0. The van der Waals surface area contributed by atoms with E-state index < -0.39 is 10.1 Å². The first-order valence-electron chi connectivity index (χ1n) is 1.71. The zero-order valence-corrected chi connectivity index (χ0v) is 5.19. The third kappa shape index (κ3) is 17.7. The van der Waals surface area contributed by atoms with Crippen LogP contribution in [-0.2, 0) is 10.1 Å². The number of nitrogens with two attached hydrogens (primary N) is 1. The van der Waals surface area contributed by atoms with Crippen LogP contribution in [0.15, 0.2) is 0 Å². The maximum absolute atomic E-state index is 9.71. The van der Waals surface area contributed by atoms with Crippen LogP contribution in [0.25, 0.3) is 0 Å². The van der Waals surface area contributed by atoms with Gasteiger partial charge in [0, 0.05) is 6.54 Å². The predicted octanol–water partition coefficient (Wildman–Crippen LogP) is -1.65. The average Bonchev–Trinajstić information content (AvgIpc) is 1.30. The fraction of sp³-hybridized carbons (Fsp3) is 1.00. The Labute approximate surface area is 76.6 Å². The molecule has 0 amide bonds. The Morgan fingerprint density at radius 1 is 1.44 bits per heavy atom. The van der Waals surface area contributed by atoms with E-state index in [0.717, 1.165) is 0 Å². The summed E-state index contributed by atoms with van der Waals surface area (Å²) in [5.41, 5.74) is 4.78. The Kier molecular flexibility index (Phi) is 12.7. The van der Waals surface area contributed by atoms with Crippen molar-refractivity contribution in [2.24, 2.45) is 5.73 Å². The van der Waals surface area contributed by atoms with Crippen molar-refractivity contribution < 1.29 is 13.0 Å². The summed E-state index contributed by atoms with van der Waals surface area (Å²) in [4.78, 5) is 0. The van der Waals surface area contributed by atoms with E-state index in [0.29, 0.717) is 0 Å². The summed E-state index contributed by atoms with van der Waals surface area (Å²) < 4.78 is 27.3. The average molecular weight is 166 g/mol. The number of hydrogen-bond donors (Lipinski definition) is 3. The molecule has 0 heterocycles. The Bertz CT molecular complexity index is 133. The Morgan fingerprint density at radius 2 is 1.78 bits per heavy atom. The van der Waals surface area contributed by atoms with Crippen LogP contribution in [0.1, 0.15) is 0 Å². The molecule has 0 aromatic heterocycles. The van der Waals surface area contributed by atoms with E-state index in [-0.39, 0.29) is 48.0 Å². The van der Waals surface area contributed by atoms with Crippen LogP contribution in [0, 0.1) is 0 Å². The molecule has 0 atom stereocenters. The van der Waals surface area contributed by atoms with Crippen LogP contribution < -0.4 is 11.9 Å². The van der Waals surface area contributed by atoms with E-state index in [1.54, 1.807) is 0 Å². The van der Waals surface area contributed by atoms with Crippen LogP contribution in [0.3, 0.4) is 0 Å². The first-order valence-corrected chi connectivity index (χ1v) is 3.32. The second-order valence-corrected chi connectivity index (χ2v) is 2.65. The second kappa shape index (κ2) is 6.94. The molecule has 6 N–H and O–H groups in total. The van der Waals surface area contributed by atoms with Gasteiger partial charge in [0.05, 0.1) is 5.75 Å². The van der Waals surface area contributed by atoms with E-state index in [2.05, 4.69) is 0 Å². The van der Waals surface area contributed by atoms with Crippen molar-refractivity contribution in [1.82, 2.24) is 6.15 Å². The fourth-order valence-electron chi connectivity index (χ4n) is 0.149. The van der Waals surface area contributed by atoms with E-state index in [1.165, 1.54) is 0 Å². The molecule has 5 nitrogen and oxygen atoms in total. The summed E-state index contributed by atoms with van der Waals surface area (Å²) in [6, 6.07) is 0. The minimum absolute atomic E-state index is 0. The van der Waals surface area contributed by atoms with Gasteiger partial charge in [0.15, 0.2) is 0 Å². The van der Waals surface area contributed by atoms with Gasteiger partial charge in [-0.15, -0.1) is 0 Å². The van der Waals surface area contributed by atoms with Crippen molar-refractivity contribution in [1.29, 1.82) is 0 Å². The molecule has 54 valence electrons. The Balaban J connectivity index is -0.000000180. The van der Waals surface area contributed by atoms with Crippen molar-refractivity contribution in [2.45, 2.75) is 0 Å². The molecule has 9 heavy (non-hydrogen) atoms. The van der Waals surface area contributed by atoms with E-state index >= 15 is 0 Å². The number of rotatable bonds is 2. The van der Waals surface area contributed by atoms with E-state index in [1.807, 2.05) is 0 Å². The Morgan fingerprint density at radius 3 is 1.78 bits per heavy atom. The molecule has 0 aromatic carbocycles. The normalized spacial score (nSPS) is 9.11. The summed E-state index contributed by atoms with van der Waals surface area (Å²) >= 11 is 0. The van der Waals surface area contributed by atoms with Crippen molar-refractivity contribution in [3.63, 3.8) is 0 Å². The first kappa shape index (κ1) is 16.4. The first-order chi connectivity index (χ1) is 3.06. The molecule has 0 unspecified atom stereocenters. The van der Waals surface area contributed by atoms with E-state index in [9.17, 15) is 8.42 Å². The van der Waals surface area contributed by atoms with Crippen molar-refractivity contribution in [2.75, 3.05) is 12.3 Å². The van der Waals surface area contributed by atoms with Gasteiger partial charge in [0.25, 0.3) is 10.1 Å². The van der Waals surface area contributed by atoms with Gasteiger partial charge in [-0.25, -0.2) is 0 Å². The molecule has 0 saturated carbocycles. The molecule has 0 spiro atoms. The molecule has 0 aliphatic heterocycles. The molecule has 7 heteroatoms. The van der Waals surface area contributed by atoms with Crippen LogP contribution in [0.4, 0.5) is 0 Å². The zero-order chi connectivity index (χ0) is 5.91. The standard InChI is InChI=1S/C2H7NO3S.H3N.Na.H/c3-1-2-7(4,5)6;;;/h1-3H2,(H,4,5,6);1H3;;. The van der Waals surface area contributed by atoms with Crippen molar-refractivity contribution in [3.05, 3.63) is 0 Å². The van der Waals surface area contributed by atoms with Gasteiger partial charge in [-0.2, -0.15) is 8.42 Å². The summed E-state index contributed by atoms with van der Waals surface area (Å²) in [5.74, 6) is -0.354. The van der Waals surface area contributed by atoms with Gasteiger partial charge in [0.1, 0.15) is 0 Å². The summed E-state index contributed by atoms with van der Waals surface area (Å²) in [6.45, 7) is -0.0289. The molecule has 0 aliphatic rings. The molecule has 0 fully saturated rings. The molecule has 0 saturated heterocycles. The molecular weight excluding hydrogens is 155 g/mol. The van der Waals surface area contributed by atoms with Gasteiger partial charge < -0.3 is 11.9 Å². The van der Waals surface area contributed by atoms with Crippen LogP contribution in [-0.4, -0.2) is 54.8 Å². The quantitative estimate of drug-likeness (QED) is 0.335. The summed E-state index contributed by atoms with van der Waals surface area (Å²) in [6.07, 6.45) is 0. The zero-order valence-electron chi connectivity index (χ0n) is 4.37. The molecule has 0 aromatic rings. The van der Waals surface area contributed by atoms with Crippen molar-refractivity contribution in [3.8, 4) is 0 Å². The van der Waals surface area contributed by atoms with Gasteiger partial charge in [-0.3, -0.25) is 4.55 Å². The second-order valence-electron chi connectivity index (χ2n) is 1.07. The van der Waals surface area contributed by atoms with Gasteiger partial charge in [-0.05, 0) is 0 Å². The third-order valence-electron chi connectivity index (χ3n) is 0.376. The Hall–Kier alpha value is 0.830. The van der Waals surface area contributed by atoms with E-state index in [4.69, 9.17) is 10.3 Å². The fourth-order valence-corrected chi connectivity index (χ4v) is 0.447. The van der Waals surface area contributed by atoms with Crippen LogP contribution in [0.5, 0.6) is 0 Å². The monoisotopic (exact) mass is 166 g/mol. The molecule has 0 bridgehead atoms.